The highest BCUT2D eigenvalue weighted by Gasteiger charge is 2.37. The number of benzene rings is 1. The molecule has 3 heterocycles. The maximum atomic E-state index is 12.5. The van der Waals surface area contributed by atoms with Gasteiger partial charge in [0.05, 0.1) is 13.7 Å². The van der Waals surface area contributed by atoms with Crippen LogP contribution in [0.2, 0.25) is 0 Å². The average Bonchev–Trinajstić information content (AvgIpc) is 3.13. The minimum atomic E-state index is -0.0214. The first-order valence-electron chi connectivity index (χ1n) is 9.04. The van der Waals surface area contributed by atoms with Crippen molar-refractivity contribution in [2.75, 3.05) is 46.9 Å². The highest BCUT2D eigenvalue weighted by Crippen LogP contribution is 2.20. The van der Waals surface area contributed by atoms with Gasteiger partial charge in [0, 0.05) is 57.9 Å². The number of carbonyl (C=O) groups excluding carboxylic acids is 1. The third-order valence-electron chi connectivity index (χ3n) is 5.39. The van der Waals surface area contributed by atoms with E-state index in [0.29, 0.717) is 0 Å². The Hall–Kier alpha value is -2.38. The van der Waals surface area contributed by atoms with E-state index in [4.69, 9.17) is 4.74 Å². The molecule has 0 spiro atoms. The zero-order valence-electron chi connectivity index (χ0n) is 15.3. The summed E-state index contributed by atoms with van der Waals surface area (Å²) in [6.45, 7) is 5.20. The molecule has 26 heavy (non-hydrogen) atoms. The van der Waals surface area contributed by atoms with E-state index >= 15 is 0 Å². The van der Waals surface area contributed by atoms with Crippen LogP contribution in [0.5, 0.6) is 5.75 Å². The number of aromatic nitrogens is 2. The van der Waals surface area contributed by atoms with E-state index in [1.807, 2.05) is 48.6 Å². The van der Waals surface area contributed by atoms with Crippen molar-refractivity contribution in [2.45, 2.75) is 12.6 Å². The van der Waals surface area contributed by atoms with Crippen LogP contribution in [0.3, 0.4) is 0 Å². The number of imidazole rings is 1. The van der Waals surface area contributed by atoms with E-state index < -0.39 is 0 Å². The SMILES string of the molecule is COc1ccc(-n2ccnc2CN2CCN3CCN(C)C(=O)[C@H]3C2)cc1. The van der Waals surface area contributed by atoms with Crippen LogP contribution in [-0.2, 0) is 11.3 Å². The number of carbonyl (C=O) groups is 1. The fraction of sp³-hybridized carbons (Fsp3) is 0.474. The molecule has 0 bridgehead atoms. The first kappa shape index (κ1) is 17.1. The van der Waals surface area contributed by atoms with Crippen molar-refractivity contribution < 1.29 is 9.53 Å². The second kappa shape index (κ2) is 7.09. The van der Waals surface area contributed by atoms with Crippen molar-refractivity contribution in [1.29, 1.82) is 0 Å². The Morgan fingerprint density at radius 2 is 1.92 bits per heavy atom. The number of hydrogen-bond donors (Lipinski definition) is 0. The van der Waals surface area contributed by atoms with Crippen molar-refractivity contribution in [1.82, 2.24) is 24.3 Å². The Morgan fingerprint density at radius 3 is 2.69 bits per heavy atom. The summed E-state index contributed by atoms with van der Waals surface area (Å²) in [6.07, 6.45) is 3.81. The lowest BCUT2D eigenvalue weighted by atomic mass is 10.1. The largest absolute Gasteiger partial charge is 0.497 e. The van der Waals surface area contributed by atoms with Crippen molar-refractivity contribution >= 4 is 5.91 Å². The molecule has 0 saturated carbocycles. The van der Waals surface area contributed by atoms with Gasteiger partial charge in [0.2, 0.25) is 5.91 Å². The molecule has 4 rings (SSSR count). The lowest BCUT2D eigenvalue weighted by Crippen LogP contribution is -2.63. The van der Waals surface area contributed by atoms with E-state index in [9.17, 15) is 4.79 Å². The molecule has 7 heteroatoms. The Morgan fingerprint density at radius 1 is 1.15 bits per heavy atom. The maximum absolute atomic E-state index is 12.5. The summed E-state index contributed by atoms with van der Waals surface area (Å²) < 4.78 is 7.33. The quantitative estimate of drug-likeness (QED) is 0.814. The van der Waals surface area contributed by atoms with Gasteiger partial charge in [0.15, 0.2) is 0 Å². The highest BCUT2D eigenvalue weighted by atomic mass is 16.5. The van der Waals surface area contributed by atoms with Crippen molar-refractivity contribution in [3.8, 4) is 11.4 Å². The van der Waals surface area contributed by atoms with Crippen LogP contribution in [0.15, 0.2) is 36.7 Å². The summed E-state index contributed by atoms with van der Waals surface area (Å²) in [7, 11) is 3.57. The van der Waals surface area contributed by atoms with E-state index in [1.54, 1.807) is 7.11 Å². The minimum absolute atomic E-state index is 0.0214. The molecule has 7 nitrogen and oxygen atoms in total. The van der Waals surface area contributed by atoms with Crippen LogP contribution >= 0.6 is 0 Å². The van der Waals surface area contributed by atoms with Gasteiger partial charge in [-0.2, -0.15) is 0 Å². The molecule has 2 saturated heterocycles. The number of rotatable bonds is 4. The highest BCUT2D eigenvalue weighted by molar-refractivity contribution is 5.82. The van der Waals surface area contributed by atoms with Gasteiger partial charge in [-0.25, -0.2) is 4.98 Å². The van der Waals surface area contributed by atoms with Crippen molar-refractivity contribution in [2.24, 2.45) is 0 Å². The summed E-state index contributed by atoms with van der Waals surface area (Å²) >= 11 is 0. The number of ether oxygens (including phenoxy) is 1. The van der Waals surface area contributed by atoms with Crippen LogP contribution in [0.1, 0.15) is 5.82 Å². The summed E-state index contributed by atoms with van der Waals surface area (Å²) in [5.74, 6) is 2.06. The summed E-state index contributed by atoms with van der Waals surface area (Å²) in [4.78, 5) is 23.5. The average molecular weight is 355 g/mol. The third kappa shape index (κ3) is 3.20. The van der Waals surface area contributed by atoms with Crippen molar-refractivity contribution in [3.63, 3.8) is 0 Å². The van der Waals surface area contributed by atoms with Gasteiger partial charge in [-0.05, 0) is 24.3 Å². The fourth-order valence-electron chi connectivity index (χ4n) is 3.79. The number of nitrogens with zero attached hydrogens (tertiary/aromatic N) is 5. The monoisotopic (exact) mass is 355 g/mol. The standard InChI is InChI=1S/C19H25N5O2/c1-21-9-11-23-12-10-22(13-17(23)19(21)25)14-18-20-7-8-24(18)15-3-5-16(26-2)6-4-15/h3-8,17H,9-14H2,1-2H3/t17-/m1/s1. The number of likely N-dealkylation sites (N-methyl/N-ethyl adjacent to an activating group) is 1. The second-order valence-electron chi connectivity index (χ2n) is 6.96. The molecule has 1 aromatic carbocycles. The summed E-state index contributed by atoms with van der Waals surface area (Å²) in [6, 6.07) is 7.94. The number of methoxy groups -OCH3 is 1. The predicted molar refractivity (Wildman–Crippen MR) is 98.4 cm³/mol. The molecule has 0 N–H and O–H groups in total. The molecule has 138 valence electrons. The first-order valence-corrected chi connectivity index (χ1v) is 9.04. The Kier molecular flexibility index (Phi) is 4.65. The number of fused-ring (bicyclic) bond motifs is 1. The van der Waals surface area contributed by atoms with Gasteiger partial charge in [-0.1, -0.05) is 0 Å². The van der Waals surface area contributed by atoms with Crippen molar-refractivity contribution in [3.05, 3.63) is 42.5 Å². The zero-order valence-corrected chi connectivity index (χ0v) is 15.3. The van der Waals surface area contributed by atoms with Gasteiger partial charge >= 0.3 is 0 Å². The lowest BCUT2D eigenvalue weighted by molar-refractivity contribution is -0.143. The van der Waals surface area contributed by atoms with Gasteiger partial charge in [-0.3, -0.25) is 14.6 Å². The molecule has 1 atom stereocenters. The van der Waals surface area contributed by atoms with Crippen LogP contribution in [-0.4, -0.2) is 83.1 Å². The van der Waals surface area contributed by atoms with Gasteiger partial charge in [0.1, 0.15) is 17.6 Å². The Bertz CT molecular complexity index is 772. The van der Waals surface area contributed by atoms with E-state index in [2.05, 4.69) is 19.4 Å². The number of amides is 1. The topological polar surface area (TPSA) is 53.8 Å². The summed E-state index contributed by atoms with van der Waals surface area (Å²) in [5, 5.41) is 0. The van der Waals surface area contributed by atoms with Gasteiger partial charge in [0.25, 0.3) is 0 Å². The van der Waals surface area contributed by atoms with E-state index in [1.165, 1.54) is 0 Å². The van der Waals surface area contributed by atoms with Crippen LogP contribution in [0.25, 0.3) is 5.69 Å². The molecule has 2 aromatic rings. The van der Waals surface area contributed by atoms with Crippen LogP contribution < -0.4 is 4.74 Å². The normalized spacial score (nSPS) is 21.7. The molecule has 0 unspecified atom stereocenters. The van der Waals surface area contributed by atoms with E-state index in [-0.39, 0.29) is 11.9 Å². The summed E-state index contributed by atoms with van der Waals surface area (Å²) in [5.41, 5.74) is 1.06. The van der Waals surface area contributed by atoms with Crippen LogP contribution in [0, 0.1) is 0 Å². The van der Waals surface area contributed by atoms with Gasteiger partial charge < -0.3 is 14.2 Å². The van der Waals surface area contributed by atoms with Gasteiger partial charge in [-0.15, -0.1) is 0 Å². The Balaban J connectivity index is 1.48. The fourth-order valence-corrected chi connectivity index (χ4v) is 3.79. The third-order valence-corrected chi connectivity index (χ3v) is 5.39. The molecule has 2 aliphatic heterocycles. The molecule has 1 amide bonds. The number of hydrogen-bond acceptors (Lipinski definition) is 5. The van der Waals surface area contributed by atoms with Crippen LogP contribution in [0.4, 0.5) is 0 Å². The second-order valence-corrected chi connectivity index (χ2v) is 6.96. The molecule has 1 aromatic heterocycles. The smallest absolute Gasteiger partial charge is 0.241 e. The molecule has 2 fully saturated rings. The molecule has 0 radical (unpaired) electrons. The van der Waals surface area contributed by atoms with E-state index in [0.717, 1.165) is 56.5 Å². The molecule has 2 aliphatic rings. The molecular weight excluding hydrogens is 330 g/mol. The minimum Gasteiger partial charge on any atom is -0.497 e. The molecule has 0 aliphatic carbocycles. The first-order chi connectivity index (χ1) is 12.7. The number of piperazine rings is 2. The maximum Gasteiger partial charge on any atom is 0.241 e. The molecular formula is C19H25N5O2. The Labute approximate surface area is 153 Å². The zero-order chi connectivity index (χ0) is 18.1. The predicted octanol–water partition coefficient (Wildman–Crippen LogP) is 0.839. The lowest BCUT2D eigenvalue weighted by Gasteiger charge is -2.45.